The van der Waals surface area contributed by atoms with Gasteiger partial charge in [0, 0.05) is 0 Å². The first-order valence-electron chi connectivity index (χ1n) is 6.51. The molecule has 0 heterocycles. The van der Waals surface area contributed by atoms with Crippen LogP contribution in [0.1, 0.15) is 46.5 Å². The Morgan fingerprint density at radius 1 is 1.44 bits per heavy atom. The van der Waals surface area contributed by atoms with Gasteiger partial charge in [0.2, 0.25) is 0 Å². The van der Waals surface area contributed by atoms with Gasteiger partial charge in [0.25, 0.3) is 0 Å². The smallest absolute Gasteiger partial charge is 0.323 e. The zero-order valence-corrected chi connectivity index (χ0v) is 11.5. The molecule has 0 N–H and O–H groups in total. The molecule has 0 saturated carbocycles. The van der Waals surface area contributed by atoms with Gasteiger partial charge in [-0.15, -0.1) is 0 Å². The monoisotopic (exact) mass is 250 g/mol. The molecule has 0 amide bonds. The summed E-state index contributed by atoms with van der Waals surface area (Å²) < 4.78 is 5.03. The van der Waals surface area contributed by atoms with Crippen LogP contribution < -0.4 is 0 Å². The molecule has 100 valence electrons. The number of Topliss-reactive ketones (excluding diaryl/α,β-unsaturated/α-hetero) is 1. The van der Waals surface area contributed by atoms with Crippen molar-refractivity contribution in [3.63, 3.8) is 0 Å². The van der Waals surface area contributed by atoms with Crippen molar-refractivity contribution in [3.05, 3.63) is 23.8 Å². The normalized spacial score (nSPS) is 18.5. The summed E-state index contributed by atoms with van der Waals surface area (Å²) in [5.41, 5.74) is 0.402. The lowest BCUT2D eigenvalue weighted by Gasteiger charge is -2.29. The highest BCUT2D eigenvalue weighted by molar-refractivity contribution is 6.06. The van der Waals surface area contributed by atoms with E-state index in [0.29, 0.717) is 5.57 Å². The minimum Gasteiger partial charge on any atom is -0.465 e. The van der Waals surface area contributed by atoms with E-state index in [9.17, 15) is 9.59 Å². The predicted octanol–water partition coefficient (Wildman–Crippen LogP) is 3.20. The minimum atomic E-state index is -1.24. The standard InChI is InChI=1S/C15H22O3/c1-5-18-14(17)15(4,12(3)16)11(2)13-9-7-6-8-10-13/h9H,2,5-8,10H2,1,3-4H3. The van der Waals surface area contributed by atoms with E-state index < -0.39 is 11.4 Å². The summed E-state index contributed by atoms with van der Waals surface area (Å²) in [6, 6.07) is 0. The Morgan fingerprint density at radius 2 is 2.11 bits per heavy atom. The molecule has 1 unspecified atom stereocenters. The number of allylic oxidation sites excluding steroid dienone is 2. The molecule has 3 nitrogen and oxygen atoms in total. The van der Waals surface area contributed by atoms with Crippen molar-refractivity contribution in [2.45, 2.75) is 46.5 Å². The second kappa shape index (κ2) is 5.98. The zero-order valence-electron chi connectivity index (χ0n) is 11.5. The highest BCUT2D eigenvalue weighted by atomic mass is 16.5. The van der Waals surface area contributed by atoms with E-state index in [1.54, 1.807) is 13.8 Å². The third kappa shape index (κ3) is 2.71. The molecule has 1 aliphatic carbocycles. The number of hydrogen-bond acceptors (Lipinski definition) is 3. The molecule has 0 bridgehead atoms. The Balaban J connectivity index is 3.04. The molecule has 0 fully saturated rings. The molecule has 0 radical (unpaired) electrons. The van der Waals surface area contributed by atoms with Gasteiger partial charge in [-0.3, -0.25) is 9.59 Å². The van der Waals surface area contributed by atoms with E-state index in [1.165, 1.54) is 6.92 Å². The quantitative estimate of drug-likeness (QED) is 0.556. The first kappa shape index (κ1) is 14.7. The van der Waals surface area contributed by atoms with Crippen LogP contribution in [0.5, 0.6) is 0 Å². The third-order valence-electron chi connectivity index (χ3n) is 3.67. The fraction of sp³-hybridized carbons (Fsp3) is 0.600. The van der Waals surface area contributed by atoms with Crippen molar-refractivity contribution in [1.82, 2.24) is 0 Å². The zero-order chi connectivity index (χ0) is 13.8. The maximum Gasteiger partial charge on any atom is 0.323 e. The average Bonchev–Trinajstić information content (AvgIpc) is 2.37. The molecule has 3 heteroatoms. The van der Waals surface area contributed by atoms with Crippen LogP contribution in [0, 0.1) is 5.41 Å². The van der Waals surface area contributed by atoms with Crippen molar-refractivity contribution in [1.29, 1.82) is 0 Å². The summed E-state index contributed by atoms with van der Waals surface area (Å²) in [7, 11) is 0. The van der Waals surface area contributed by atoms with E-state index in [1.807, 2.05) is 0 Å². The Morgan fingerprint density at radius 3 is 2.56 bits per heavy atom. The van der Waals surface area contributed by atoms with Gasteiger partial charge < -0.3 is 4.74 Å². The lowest BCUT2D eigenvalue weighted by Crippen LogP contribution is -2.39. The molecule has 0 aliphatic heterocycles. The first-order valence-corrected chi connectivity index (χ1v) is 6.51. The maximum absolute atomic E-state index is 12.1. The van der Waals surface area contributed by atoms with Crippen molar-refractivity contribution >= 4 is 11.8 Å². The van der Waals surface area contributed by atoms with Gasteiger partial charge in [0.1, 0.15) is 5.41 Å². The SMILES string of the molecule is C=C(C1=CCCCC1)C(C)(C(C)=O)C(=O)OCC. The van der Waals surface area contributed by atoms with Gasteiger partial charge in [-0.25, -0.2) is 0 Å². The molecule has 1 atom stereocenters. The van der Waals surface area contributed by atoms with Crippen LogP contribution in [0.25, 0.3) is 0 Å². The topological polar surface area (TPSA) is 43.4 Å². The molecule has 1 aliphatic rings. The molecule has 0 aromatic heterocycles. The van der Waals surface area contributed by atoms with Gasteiger partial charge in [0.15, 0.2) is 5.78 Å². The number of esters is 1. The molecule has 0 aromatic carbocycles. The van der Waals surface area contributed by atoms with Crippen LogP contribution >= 0.6 is 0 Å². The lowest BCUT2D eigenvalue weighted by molar-refractivity contribution is -0.155. The van der Waals surface area contributed by atoms with Gasteiger partial charge in [-0.2, -0.15) is 0 Å². The van der Waals surface area contributed by atoms with E-state index in [2.05, 4.69) is 12.7 Å². The maximum atomic E-state index is 12.1. The van der Waals surface area contributed by atoms with Crippen molar-refractivity contribution in [2.24, 2.45) is 5.41 Å². The number of ketones is 1. The first-order chi connectivity index (χ1) is 8.44. The number of hydrogen-bond donors (Lipinski definition) is 0. The molecule has 1 rings (SSSR count). The Hall–Kier alpha value is -1.38. The number of ether oxygens (including phenoxy) is 1. The number of carbonyl (C=O) groups is 2. The van der Waals surface area contributed by atoms with Crippen LogP contribution in [0.3, 0.4) is 0 Å². The van der Waals surface area contributed by atoms with E-state index in [0.717, 1.165) is 31.3 Å². The second-order valence-electron chi connectivity index (χ2n) is 4.86. The molecule has 0 spiro atoms. The summed E-state index contributed by atoms with van der Waals surface area (Å²) in [6.07, 6.45) is 6.22. The summed E-state index contributed by atoms with van der Waals surface area (Å²) in [5.74, 6) is -0.702. The van der Waals surface area contributed by atoms with Crippen LogP contribution in [-0.2, 0) is 14.3 Å². The second-order valence-corrected chi connectivity index (χ2v) is 4.86. The Bertz CT molecular complexity index is 393. The predicted molar refractivity (Wildman–Crippen MR) is 71.1 cm³/mol. The van der Waals surface area contributed by atoms with Crippen LogP contribution in [0.4, 0.5) is 0 Å². The molecule has 0 saturated heterocycles. The van der Waals surface area contributed by atoms with Gasteiger partial charge in [0.05, 0.1) is 6.61 Å². The van der Waals surface area contributed by atoms with Gasteiger partial charge in [-0.05, 0) is 57.6 Å². The van der Waals surface area contributed by atoms with Crippen LogP contribution in [-0.4, -0.2) is 18.4 Å². The fourth-order valence-corrected chi connectivity index (χ4v) is 2.19. The molecular weight excluding hydrogens is 228 g/mol. The summed E-state index contributed by atoms with van der Waals surface area (Å²) in [5, 5.41) is 0. The third-order valence-corrected chi connectivity index (χ3v) is 3.67. The average molecular weight is 250 g/mol. The Kier molecular flexibility index (Phi) is 4.88. The molecule has 0 aromatic rings. The Labute approximate surface area is 109 Å². The molecule has 18 heavy (non-hydrogen) atoms. The summed E-state index contributed by atoms with van der Waals surface area (Å²) >= 11 is 0. The largest absolute Gasteiger partial charge is 0.465 e. The van der Waals surface area contributed by atoms with Crippen molar-refractivity contribution in [3.8, 4) is 0 Å². The van der Waals surface area contributed by atoms with Crippen molar-refractivity contribution < 1.29 is 14.3 Å². The highest BCUT2D eigenvalue weighted by Gasteiger charge is 2.43. The lowest BCUT2D eigenvalue weighted by atomic mass is 9.74. The summed E-state index contributed by atoms with van der Waals surface area (Å²) in [6.45, 7) is 9.03. The fourth-order valence-electron chi connectivity index (χ4n) is 2.19. The van der Waals surface area contributed by atoms with Crippen LogP contribution in [0.15, 0.2) is 23.8 Å². The van der Waals surface area contributed by atoms with Crippen molar-refractivity contribution in [2.75, 3.05) is 6.61 Å². The van der Waals surface area contributed by atoms with Crippen LogP contribution in [0.2, 0.25) is 0 Å². The number of carbonyl (C=O) groups excluding carboxylic acids is 2. The van der Waals surface area contributed by atoms with E-state index >= 15 is 0 Å². The minimum absolute atomic E-state index is 0.211. The van der Waals surface area contributed by atoms with Gasteiger partial charge >= 0.3 is 5.97 Å². The van der Waals surface area contributed by atoms with Gasteiger partial charge in [-0.1, -0.05) is 12.7 Å². The highest BCUT2D eigenvalue weighted by Crippen LogP contribution is 2.37. The molecular formula is C15H22O3. The summed E-state index contributed by atoms with van der Waals surface area (Å²) in [4.78, 5) is 23.9. The number of rotatable bonds is 5. The van der Waals surface area contributed by atoms with E-state index in [4.69, 9.17) is 4.74 Å². The van der Waals surface area contributed by atoms with E-state index in [-0.39, 0.29) is 12.4 Å².